The van der Waals surface area contributed by atoms with E-state index in [0.717, 1.165) is 11.3 Å². The summed E-state index contributed by atoms with van der Waals surface area (Å²) in [6, 6.07) is 9.63. The highest BCUT2D eigenvalue weighted by Gasteiger charge is 2.67. The lowest BCUT2D eigenvalue weighted by molar-refractivity contribution is -0.128. The summed E-state index contributed by atoms with van der Waals surface area (Å²) in [6.45, 7) is 0.0216. The molecular formula is C23H23N3O6S. The summed E-state index contributed by atoms with van der Waals surface area (Å²) in [5, 5.41) is 0. The van der Waals surface area contributed by atoms with Crippen LogP contribution in [0.15, 0.2) is 36.4 Å². The molecule has 3 heterocycles. The number of anilines is 1. The Labute approximate surface area is 195 Å². The van der Waals surface area contributed by atoms with E-state index < -0.39 is 16.9 Å². The molecule has 2 aromatic rings. The fraction of sp³-hybridized carbons (Fsp3) is 0.348. The molecule has 172 valence electrons. The van der Waals surface area contributed by atoms with Crippen molar-refractivity contribution in [2.75, 3.05) is 39.0 Å². The number of methoxy groups -OCH3 is 3. The maximum absolute atomic E-state index is 13.6. The van der Waals surface area contributed by atoms with Gasteiger partial charge in [0.25, 0.3) is 11.8 Å². The van der Waals surface area contributed by atoms with Gasteiger partial charge in [-0.3, -0.25) is 19.4 Å². The van der Waals surface area contributed by atoms with Gasteiger partial charge in [-0.1, -0.05) is 18.2 Å². The predicted molar refractivity (Wildman–Crippen MR) is 122 cm³/mol. The van der Waals surface area contributed by atoms with Gasteiger partial charge in [0.1, 0.15) is 6.04 Å². The molecular weight excluding hydrogens is 446 g/mol. The van der Waals surface area contributed by atoms with Gasteiger partial charge in [-0.2, -0.15) is 0 Å². The smallest absolute Gasteiger partial charge is 0.329 e. The Hall–Kier alpha value is -3.40. The number of hydrogen-bond donors (Lipinski definition) is 0. The molecule has 33 heavy (non-hydrogen) atoms. The normalized spacial score (nSPS) is 23.5. The Morgan fingerprint density at radius 3 is 2.33 bits per heavy atom. The molecule has 3 aliphatic rings. The minimum absolute atomic E-state index is 0.0216. The maximum Gasteiger partial charge on any atom is 0.329 e. The first kappa shape index (κ1) is 21.4. The van der Waals surface area contributed by atoms with Gasteiger partial charge in [-0.15, -0.1) is 11.8 Å². The van der Waals surface area contributed by atoms with E-state index in [4.69, 9.17) is 14.2 Å². The number of imide groups is 1. The molecule has 0 radical (unpaired) electrons. The van der Waals surface area contributed by atoms with Gasteiger partial charge in [-0.25, -0.2) is 4.79 Å². The number of carbonyl (C=O) groups is 3. The lowest BCUT2D eigenvalue weighted by atomic mass is 10.1. The Balaban J connectivity index is 1.52. The van der Waals surface area contributed by atoms with E-state index >= 15 is 0 Å². The van der Waals surface area contributed by atoms with Crippen molar-refractivity contribution in [3.63, 3.8) is 0 Å². The van der Waals surface area contributed by atoms with Crippen molar-refractivity contribution >= 4 is 35.3 Å². The maximum atomic E-state index is 13.6. The van der Waals surface area contributed by atoms with Gasteiger partial charge < -0.3 is 19.1 Å². The van der Waals surface area contributed by atoms with Crippen molar-refractivity contribution < 1.29 is 28.6 Å². The molecule has 0 N–H and O–H groups in total. The van der Waals surface area contributed by atoms with Gasteiger partial charge in [0.2, 0.25) is 5.75 Å². The third-order valence-electron chi connectivity index (χ3n) is 6.38. The Kier molecular flexibility index (Phi) is 4.93. The second kappa shape index (κ2) is 7.58. The lowest BCUT2D eigenvalue weighted by Crippen LogP contribution is -2.50. The second-order valence-electron chi connectivity index (χ2n) is 7.96. The minimum Gasteiger partial charge on any atom is -0.493 e. The van der Waals surface area contributed by atoms with E-state index in [-0.39, 0.29) is 18.4 Å². The summed E-state index contributed by atoms with van der Waals surface area (Å²) in [5.41, 5.74) is 2.13. The molecule has 0 unspecified atom stereocenters. The van der Waals surface area contributed by atoms with E-state index in [1.807, 2.05) is 24.3 Å². The largest absolute Gasteiger partial charge is 0.493 e. The number of likely N-dealkylation sites (N-methyl/N-ethyl adjacent to an activating group) is 1. The number of benzene rings is 2. The third-order valence-corrected chi connectivity index (χ3v) is 7.87. The van der Waals surface area contributed by atoms with Crippen LogP contribution in [0.25, 0.3) is 0 Å². The molecule has 10 heteroatoms. The summed E-state index contributed by atoms with van der Waals surface area (Å²) in [6.07, 6.45) is 0. The molecule has 1 spiro atoms. The summed E-state index contributed by atoms with van der Waals surface area (Å²) in [5.74, 6) is 1.10. The molecule has 5 rings (SSSR count). The van der Waals surface area contributed by atoms with Crippen LogP contribution in [0.5, 0.6) is 17.2 Å². The first-order valence-electron chi connectivity index (χ1n) is 10.3. The minimum atomic E-state index is -1.23. The third kappa shape index (κ3) is 2.76. The summed E-state index contributed by atoms with van der Waals surface area (Å²) >= 11 is 1.34. The Morgan fingerprint density at radius 1 is 1.03 bits per heavy atom. The molecule has 0 aromatic heterocycles. The first-order valence-corrected chi connectivity index (χ1v) is 11.3. The van der Waals surface area contributed by atoms with Crippen molar-refractivity contribution in [1.82, 2.24) is 9.80 Å². The van der Waals surface area contributed by atoms with Crippen LogP contribution in [0.4, 0.5) is 10.5 Å². The van der Waals surface area contributed by atoms with Crippen molar-refractivity contribution in [2.24, 2.45) is 0 Å². The number of carbonyl (C=O) groups excluding carboxylic acids is 3. The number of amides is 4. The summed E-state index contributed by atoms with van der Waals surface area (Å²) in [7, 11) is 6.21. The fourth-order valence-electron chi connectivity index (χ4n) is 4.85. The van der Waals surface area contributed by atoms with Crippen molar-refractivity contribution in [1.29, 1.82) is 0 Å². The Bertz CT molecular complexity index is 1160. The number of fused-ring (bicyclic) bond motifs is 4. The zero-order chi connectivity index (χ0) is 23.5. The van der Waals surface area contributed by atoms with Gasteiger partial charge in [0.15, 0.2) is 16.4 Å². The zero-order valence-electron chi connectivity index (χ0n) is 18.7. The monoisotopic (exact) mass is 469 g/mol. The molecule has 2 saturated heterocycles. The summed E-state index contributed by atoms with van der Waals surface area (Å²) < 4.78 is 16.1. The number of ether oxygens (including phenoxy) is 3. The average molecular weight is 470 g/mol. The molecule has 2 atom stereocenters. The SMILES string of the molecule is COc1cc(CN2C(=O)[C@@H]3CS[C@]4(C(=O)N(C)c5ccccc54)N3C2=O)cc(OC)c1OC. The highest BCUT2D eigenvalue weighted by Crippen LogP contribution is 2.57. The predicted octanol–water partition coefficient (Wildman–Crippen LogP) is 2.42. The first-order chi connectivity index (χ1) is 15.9. The number of nitrogens with zero attached hydrogens (tertiary/aromatic N) is 3. The van der Waals surface area contributed by atoms with Crippen LogP contribution in [0, 0.1) is 0 Å². The standard InChI is InChI=1S/C23H23N3O6S/c1-24-15-8-6-5-7-14(15)23(21(24)28)26-16(12-33-23)20(27)25(22(26)29)11-13-9-17(30-2)19(32-4)18(10-13)31-3/h5-10,16H,11-12H2,1-4H3/t16-,23+/m0/s1. The van der Waals surface area contributed by atoms with E-state index in [9.17, 15) is 14.4 Å². The van der Waals surface area contributed by atoms with Gasteiger partial charge in [0, 0.05) is 18.4 Å². The number of hydrogen-bond acceptors (Lipinski definition) is 7. The topological polar surface area (TPSA) is 88.6 Å². The van der Waals surface area contributed by atoms with Crippen LogP contribution in [0.3, 0.4) is 0 Å². The molecule has 4 amide bonds. The van der Waals surface area contributed by atoms with Crippen LogP contribution in [-0.2, 0) is 21.0 Å². The number of para-hydroxylation sites is 1. The molecule has 2 aromatic carbocycles. The van der Waals surface area contributed by atoms with Crippen LogP contribution < -0.4 is 19.1 Å². The highest BCUT2D eigenvalue weighted by atomic mass is 32.2. The quantitative estimate of drug-likeness (QED) is 0.622. The van der Waals surface area contributed by atoms with Crippen LogP contribution in [0.2, 0.25) is 0 Å². The van der Waals surface area contributed by atoms with E-state index in [1.54, 1.807) is 24.1 Å². The molecule has 0 aliphatic carbocycles. The molecule has 0 saturated carbocycles. The molecule has 2 fully saturated rings. The average Bonchev–Trinajstić information content (AvgIpc) is 3.42. The van der Waals surface area contributed by atoms with Crippen molar-refractivity contribution in [3.05, 3.63) is 47.5 Å². The summed E-state index contributed by atoms with van der Waals surface area (Å²) in [4.78, 5) is 43.3. The van der Waals surface area contributed by atoms with E-state index in [0.29, 0.717) is 28.6 Å². The number of urea groups is 1. The lowest BCUT2D eigenvalue weighted by Gasteiger charge is -2.31. The zero-order valence-corrected chi connectivity index (χ0v) is 19.5. The highest BCUT2D eigenvalue weighted by molar-refractivity contribution is 8.01. The van der Waals surface area contributed by atoms with Gasteiger partial charge in [0.05, 0.1) is 33.6 Å². The molecule has 3 aliphatic heterocycles. The second-order valence-corrected chi connectivity index (χ2v) is 9.18. The van der Waals surface area contributed by atoms with Gasteiger partial charge >= 0.3 is 6.03 Å². The van der Waals surface area contributed by atoms with E-state index in [1.165, 1.54) is 42.9 Å². The molecule has 0 bridgehead atoms. The van der Waals surface area contributed by atoms with Crippen molar-refractivity contribution in [3.8, 4) is 17.2 Å². The van der Waals surface area contributed by atoms with Crippen LogP contribution >= 0.6 is 11.8 Å². The number of thioether (sulfide) groups is 1. The number of rotatable bonds is 5. The van der Waals surface area contributed by atoms with Crippen LogP contribution in [0.1, 0.15) is 11.1 Å². The van der Waals surface area contributed by atoms with Gasteiger partial charge in [-0.05, 0) is 23.8 Å². The fourth-order valence-corrected chi connectivity index (χ4v) is 6.47. The Morgan fingerprint density at radius 2 is 1.70 bits per heavy atom. The van der Waals surface area contributed by atoms with E-state index in [2.05, 4.69) is 0 Å². The molecule has 9 nitrogen and oxygen atoms in total. The van der Waals surface area contributed by atoms with Crippen molar-refractivity contribution in [2.45, 2.75) is 17.5 Å². The van der Waals surface area contributed by atoms with Crippen LogP contribution in [-0.4, -0.2) is 67.8 Å².